The number of rotatable bonds is 4. The van der Waals surface area contributed by atoms with Gasteiger partial charge in [-0.05, 0) is 25.1 Å². The van der Waals surface area contributed by atoms with Crippen LogP contribution in [-0.4, -0.2) is 17.7 Å². The summed E-state index contributed by atoms with van der Waals surface area (Å²) in [5.41, 5.74) is 0.132. The van der Waals surface area contributed by atoms with Crippen LogP contribution in [0.3, 0.4) is 0 Å². The summed E-state index contributed by atoms with van der Waals surface area (Å²) in [7, 11) is 0. The summed E-state index contributed by atoms with van der Waals surface area (Å²) in [6.07, 6.45) is 1.34. The largest absolute Gasteiger partial charge is 0.485 e. The minimum absolute atomic E-state index is 0.0429. The van der Waals surface area contributed by atoms with E-state index in [1.54, 1.807) is 0 Å². The number of hydrogen-bond donors (Lipinski definition) is 1. The molecule has 1 aromatic rings. The van der Waals surface area contributed by atoms with Crippen LogP contribution in [-0.2, 0) is 4.79 Å². The summed E-state index contributed by atoms with van der Waals surface area (Å²) in [5, 5.41) is 8.72. The highest BCUT2D eigenvalue weighted by Gasteiger charge is 2.07. The van der Waals surface area contributed by atoms with Crippen LogP contribution in [0, 0.1) is 5.82 Å². The van der Waals surface area contributed by atoms with E-state index < -0.39 is 11.8 Å². The Morgan fingerprint density at radius 2 is 2.31 bits per heavy atom. The first-order valence-corrected chi connectivity index (χ1v) is 4.87. The van der Waals surface area contributed by atoms with Crippen LogP contribution in [0.1, 0.15) is 6.92 Å². The van der Waals surface area contributed by atoms with Crippen molar-refractivity contribution in [2.45, 2.75) is 6.92 Å². The van der Waals surface area contributed by atoms with Gasteiger partial charge in [0.2, 0.25) is 0 Å². The highest BCUT2D eigenvalue weighted by molar-refractivity contribution is 6.32. The Bertz CT molecular complexity index is 409. The predicted octanol–water partition coefficient (Wildman–Crippen LogP) is 2.89. The first-order chi connectivity index (χ1) is 7.52. The Labute approximate surface area is 97.1 Å². The van der Waals surface area contributed by atoms with Crippen molar-refractivity contribution in [3.05, 3.63) is 40.7 Å². The van der Waals surface area contributed by atoms with Gasteiger partial charge in [0.15, 0.2) is 11.6 Å². The summed E-state index contributed by atoms with van der Waals surface area (Å²) >= 11 is 5.71. The molecule has 3 nitrogen and oxygen atoms in total. The Morgan fingerprint density at radius 1 is 1.62 bits per heavy atom. The second-order valence-electron chi connectivity index (χ2n) is 3.05. The summed E-state index contributed by atoms with van der Waals surface area (Å²) < 4.78 is 18.2. The van der Waals surface area contributed by atoms with E-state index in [9.17, 15) is 9.18 Å². The smallest absolute Gasteiger partial charge is 0.331 e. The molecule has 0 heterocycles. The van der Waals surface area contributed by atoms with Gasteiger partial charge >= 0.3 is 5.97 Å². The summed E-state index contributed by atoms with van der Waals surface area (Å²) in [4.78, 5) is 10.5. The molecule has 1 rings (SSSR count). The van der Waals surface area contributed by atoms with Crippen LogP contribution >= 0.6 is 11.6 Å². The molecule has 5 heteroatoms. The quantitative estimate of drug-likeness (QED) is 0.829. The second-order valence-corrected chi connectivity index (χ2v) is 3.46. The topological polar surface area (TPSA) is 46.5 Å². The van der Waals surface area contributed by atoms with E-state index in [0.717, 1.165) is 0 Å². The standard InChI is InChI=1S/C11H10ClFO3/c1-7(11(14)15)5-6-16-10-8(12)3-2-4-9(10)13/h2-5H,6H2,1H3,(H,14,15)/b7-5-. The first kappa shape index (κ1) is 12.5. The fourth-order valence-electron chi connectivity index (χ4n) is 0.958. The van der Waals surface area contributed by atoms with Crippen molar-refractivity contribution < 1.29 is 19.0 Å². The average Bonchev–Trinajstić information content (AvgIpc) is 2.22. The molecule has 0 aliphatic heterocycles. The molecule has 0 unspecified atom stereocenters. The minimum atomic E-state index is -1.04. The molecule has 0 spiro atoms. The number of para-hydroxylation sites is 1. The maximum atomic E-state index is 13.2. The van der Waals surface area contributed by atoms with E-state index in [0.29, 0.717) is 0 Å². The van der Waals surface area contributed by atoms with Gasteiger partial charge in [0.25, 0.3) is 0 Å². The zero-order valence-electron chi connectivity index (χ0n) is 8.54. The molecule has 0 saturated heterocycles. The van der Waals surface area contributed by atoms with Crippen molar-refractivity contribution in [3.8, 4) is 5.75 Å². The zero-order chi connectivity index (χ0) is 12.1. The van der Waals surface area contributed by atoms with Crippen molar-refractivity contribution in [2.75, 3.05) is 6.61 Å². The highest BCUT2D eigenvalue weighted by Crippen LogP contribution is 2.27. The molecule has 0 radical (unpaired) electrons. The molecule has 86 valence electrons. The van der Waals surface area contributed by atoms with E-state index in [-0.39, 0.29) is 23.0 Å². The third-order valence-electron chi connectivity index (χ3n) is 1.87. The molecule has 0 aromatic heterocycles. The Kier molecular flexibility index (Phi) is 4.31. The van der Waals surface area contributed by atoms with Gasteiger partial charge in [0.05, 0.1) is 5.02 Å². The van der Waals surface area contributed by atoms with Crippen molar-refractivity contribution in [2.24, 2.45) is 0 Å². The molecule has 1 N–H and O–H groups in total. The molecule has 0 amide bonds. The molecule has 0 bridgehead atoms. The van der Waals surface area contributed by atoms with Gasteiger partial charge in [0, 0.05) is 5.57 Å². The van der Waals surface area contributed by atoms with Crippen LogP contribution in [0.4, 0.5) is 4.39 Å². The lowest BCUT2D eigenvalue weighted by Crippen LogP contribution is -2.02. The van der Waals surface area contributed by atoms with Crippen LogP contribution < -0.4 is 4.74 Å². The predicted molar refractivity (Wildman–Crippen MR) is 58.3 cm³/mol. The molecule has 0 atom stereocenters. The van der Waals surface area contributed by atoms with Gasteiger partial charge < -0.3 is 9.84 Å². The third kappa shape index (κ3) is 3.24. The average molecular weight is 245 g/mol. The molecule has 0 aliphatic rings. The molecule has 1 aromatic carbocycles. The van der Waals surface area contributed by atoms with Gasteiger partial charge in [-0.1, -0.05) is 17.7 Å². The minimum Gasteiger partial charge on any atom is -0.485 e. The van der Waals surface area contributed by atoms with Crippen molar-refractivity contribution >= 4 is 17.6 Å². The maximum Gasteiger partial charge on any atom is 0.331 e. The SMILES string of the molecule is C/C(=C/COc1c(F)cccc1Cl)C(=O)O. The number of halogens is 2. The van der Waals surface area contributed by atoms with Crippen LogP contribution in [0.5, 0.6) is 5.75 Å². The van der Waals surface area contributed by atoms with E-state index in [2.05, 4.69) is 0 Å². The molecule has 16 heavy (non-hydrogen) atoms. The lowest BCUT2D eigenvalue weighted by Gasteiger charge is -2.06. The first-order valence-electron chi connectivity index (χ1n) is 4.49. The van der Waals surface area contributed by atoms with Crippen molar-refractivity contribution in [1.82, 2.24) is 0 Å². The fourth-order valence-corrected chi connectivity index (χ4v) is 1.18. The number of aliphatic carboxylic acids is 1. The summed E-state index contributed by atoms with van der Waals surface area (Å²) in [6.45, 7) is 1.38. The lowest BCUT2D eigenvalue weighted by atomic mass is 10.3. The molecular formula is C11H10ClFO3. The molecule has 0 aliphatic carbocycles. The van der Waals surface area contributed by atoms with E-state index >= 15 is 0 Å². The van der Waals surface area contributed by atoms with Gasteiger partial charge in [-0.25, -0.2) is 9.18 Å². The van der Waals surface area contributed by atoms with Crippen molar-refractivity contribution in [3.63, 3.8) is 0 Å². The van der Waals surface area contributed by atoms with Gasteiger partial charge in [-0.15, -0.1) is 0 Å². The Balaban J connectivity index is 2.69. The summed E-state index contributed by atoms with van der Waals surface area (Å²) in [6, 6.07) is 4.17. The summed E-state index contributed by atoms with van der Waals surface area (Å²) in [5.74, 6) is -1.68. The van der Waals surface area contributed by atoms with Gasteiger partial charge in [-0.3, -0.25) is 0 Å². The number of carbonyl (C=O) groups is 1. The number of ether oxygens (including phenoxy) is 1. The van der Waals surface area contributed by atoms with Crippen LogP contribution in [0.15, 0.2) is 29.8 Å². The number of carboxylic acid groups (broad SMARTS) is 1. The van der Waals surface area contributed by atoms with E-state index in [1.807, 2.05) is 0 Å². The normalized spacial score (nSPS) is 11.3. The van der Waals surface area contributed by atoms with Gasteiger partial charge in [0.1, 0.15) is 6.61 Å². The number of carboxylic acids is 1. The monoisotopic (exact) mass is 244 g/mol. The zero-order valence-corrected chi connectivity index (χ0v) is 9.29. The lowest BCUT2D eigenvalue weighted by molar-refractivity contribution is -0.132. The molecular weight excluding hydrogens is 235 g/mol. The Morgan fingerprint density at radius 3 is 2.88 bits per heavy atom. The fraction of sp³-hybridized carbons (Fsp3) is 0.182. The number of hydrogen-bond acceptors (Lipinski definition) is 2. The molecule has 0 saturated carbocycles. The maximum absolute atomic E-state index is 13.2. The van der Waals surface area contributed by atoms with Gasteiger partial charge in [-0.2, -0.15) is 0 Å². The van der Waals surface area contributed by atoms with Crippen LogP contribution in [0.2, 0.25) is 5.02 Å². The van der Waals surface area contributed by atoms with E-state index in [4.69, 9.17) is 21.4 Å². The van der Waals surface area contributed by atoms with E-state index in [1.165, 1.54) is 31.2 Å². The third-order valence-corrected chi connectivity index (χ3v) is 2.17. The number of benzene rings is 1. The Hall–Kier alpha value is -1.55. The second kappa shape index (κ2) is 5.51. The highest BCUT2D eigenvalue weighted by atomic mass is 35.5. The van der Waals surface area contributed by atoms with Crippen LogP contribution in [0.25, 0.3) is 0 Å². The van der Waals surface area contributed by atoms with Crippen molar-refractivity contribution in [1.29, 1.82) is 0 Å². The molecule has 0 fully saturated rings.